The van der Waals surface area contributed by atoms with Gasteiger partial charge < -0.3 is 14.8 Å². The predicted molar refractivity (Wildman–Crippen MR) is 130 cm³/mol. The van der Waals surface area contributed by atoms with E-state index >= 15 is 0 Å². The molecule has 170 valence electrons. The van der Waals surface area contributed by atoms with Crippen molar-refractivity contribution in [2.75, 3.05) is 39.3 Å². The molecule has 2 N–H and O–H groups in total. The Kier molecular flexibility index (Phi) is 6.35. The van der Waals surface area contributed by atoms with E-state index in [2.05, 4.69) is 31.9 Å². The first-order chi connectivity index (χ1) is 16.1. The molecule has 7 heteroatoms. The summed E-state index contributed by atoms with van der Waals surface area (Å²) in [4.78, 5) is 24.3. The van der Waals surface area contributed by atoms with E-state index in [0.29, 0.717) is 24.3 Å². The average molecular weight is 445 g/mol. The van der Waals surface area contributed by atoms with E-state index in [1.807, 2.05) is 48.5 Å². The lowest BCUT2D eigenvalue weighted by Gasteiger charge is -2.35. The van der Waals surface area contributed by atoms with Crippen LogP contribution in [-0.4, -0.2) is 70.3 Å². The Morgan fingerprint density at radius 1 is 0.939 bits per heavy atom. The van der Waals surface area contributed by atoms with E-state index in [-0.39, 0.29) is 12.2 Å². The third-order valence-electron chi connectivity index (χ3n) is 6.13. The van der Waals surface area contributed by atoms with Gasteiger partial charge in [-0.2, -0.15) is 0 Å². The largest absolute Gasteiger partial charge is 0.491 e. The number of aliphatic hydroxyl groups is 1. The quantitative estimate of drug-likeness (QED) is 0.456. The first-order valence-electron chi connectivity index (χ1n) is 11.4. The fourth-order valence-corrected chi connectivity index (χ4v) is 4.35. The van der Waals surface area contributed by atoms with Crippen molar-refractivity contribution in [3.8, 4) is 5.75 Å². The van der Waals surface area contributed by atoms with Crippen LogP contribution in [0.25, 0.3) is 21.7 Å². The van der Waals surface area contributed by atoms with Gasteiger partial charge in [0.2, 0.25) is 0 Å². The molecule has 4 aromatic rings. The molecule has 0 aliphatic carbocycles. The van der Waals surface area contributed by atoms with Gasteiger partial charge in [0.05, 0.1) is 17.4 Å². The Hall–Kier alpha value is -3.26. The lowest BCUT2D eigenvalue weighted by atomic mass is 10.1. The van der Waals surface area contributed by atoms with Crippen molar-refractivity contribution in [3.05, 3.63) is 82.9 Å². The SMILES string of the molecule is O=c1[nH]c(CN2CCN(CC(O)COc3ccc4ccccc4c3)CC2)nc2ccccc12. The summed E-state index contributed by atoms with van der Waals surface area (Å²) in [5.74, 6) is 1.46. The summed E-state index contributed by atoms with van der Waals surface area (Å²) in [7, 11) is 0. The molecule has 0 radical (unpaired) electrons. The molecular weight excluding hydrogens is 416 g/mol. The highest BCUT2D eigenvalue weighted by atomic mass is 16.5. The van der Waals surface area contributed by atoms with Crippen LogP contribution < -0.4 is 10.3 Å². The topological polar surface area (TPSA) is 81.7 Å². The Labute approximate surface area is 192 Å². The van der Waals surface area contributed by atoms with Crippen molar-refractivity contribution < 1.29 is 9.84 Å². The maximum Gasteiger partial charge on any atom is 0.258 e. The van der Waals surface area contributed by atoms with Gasteiger partial charge in [0.15, 0.2) is 0 Å². The van der Waals surface area contributed by atoms with Gasteiger partial charge in [-0.1, -0.05) is 42.5 Å². The van der Waals surface area contributed by atoms with Gasteiger partial charge in [-0.25, -0.2) is 4.98 Å². The zero-order valence-electron chi connectivity index (χ0n) is 18.5. The number of aliphatic hydroxyl groups excluding tert-OH is 1. The monoisotopic (exact) mass is 444 g/mol. The summed E-state index contributed by atoms with van der Waals surface area (Å²) in [6, 6.07) is 21.5. The first kappa shape index (κ1) is 21.6. The maximum atomic E-state index is 12.3. The van der Waals surface area contributed by atoms with E-state index in [4.69, 9.17) is 4.74 Å². The van der Waals surface area contributed by atoms with Gasteiger partial charge in [-0.3, -0.25) is 14.6 Å². The maximum absolute atomic E-state index is 12.3. The van der Waals surface area contributed by atoms with Crippen molar-refractivity contribution in [2.45, 2.75) is 12.6 Å². The lowest BCUT2D eigenvalue weighted by Crippen LogP contribution is -2.49. The van der Waals surface area contributed by atoms with E-state index in [9.17, 15) is 9.90 Å². The number of benzene rings is 3. The number of ether oxygens (including phenoxy) is 1. The van der Waals surface area contributed by atoms with Crippen LogP contribution in [0.15, 0.2) is 71.5 Å². The van der Waals surface area contributed by atoms with Crippen LogP contribution in [0.1, 0.15) is 5.82 Å². The van der Waals surface area contributed by atoms with Crippen LogP contribution in [0.3, 0.4) is 0 Å². The molecule has 1 aromatic heterocycles. The first-order valence-corrected chi connectivity index (χ1v) is 11.4. The fraction of sp³-hybridized carbons (Fsp3) is 0.308. The molecule has 1 saturated heterocycles. The Balaban J connectivity index is 1.09. The van der Waals surface area contributed by atoms with Gasteiger partial charge in [-0.15, -0.1) is 0 Å². The molecule has 1 aliphatic heterocycles. The molecule has 1 fully saturated rings. The minimum Gasteiger partial charge on any atom is -0.491 e. The van der Waals surface area contributed by atoms with Crippen molar-refractivity contribution in [1.82, 2.24) is 19.8 Å². The van der Waals surface area contributed by atoms with Crippen LogP contribution in [0.5, 0.6) is 5.75 Å². The van der Waals surface area contributed by atoms with Crippen molar-refractivity contribution in [1.29, 1.82) is 0 Å². The zero-order chi connectivity index (χ0) is 22.6. The molecule has 1 unspecified atom stereocenters. The molecule has 5 rings (SSSR count). The summed E-state index contributed by atoms with van der Waals surface area (Å²) in [6.07, 6.45) is -0.554. The number of nitrogens with zero attached hydrogens (tertiary/aromatic N) is 3. The van der Waals surface area contributed by atoms with E-state index < -0.39 is 6.10 Å². The van der Waals surface area contributed by atoms with Crippen molar-refractivity contribution >= 4 is 21.7 Å². The highest BCUT2D eigenvalue weighted by Gasteiger charge is 2.20. The second-order valence-electron chi connectivity index (χ2n) is 8.58. The molecule has 0 spiro atoms. The number of H-pyrrole nitrogens is 1. The zero-order valence-corrected chi connectivity index (χ0v) is 18.5. The number of β-amino-alcohol motifs (C(OH)–C–C–N with tert-alkyl or cyclic N) is 1. The summed E-state index contributed by atoms with van der Waals surface area (Å²) < 4.78 is 5.83. The molecule has 0 amide bonds. The standard InChI is InChI=1S/C26H28N4O3/c31-21(18-33-22-10-9-19-5-1-2-6-20(19)15-22)16-29-11-13-30(14-12-29)17-25-27-24-8-4-3-7-23(24)26(32)28-25/h1-10,15,21,31H,11-14,16-18H2,(H,27,28,32). The number of nitrogens with one attached hydrogen (secondary N) is 1. The van der Waals surface area contributed by atoms with Crippen LogP contribution >= 0.6 is 0 Å². The molecule has 33 heavy (non-hydrogen) atoms. The van der Waals surface area contributed by atoms with Gasteiger partial charge in [-0.05, 0) is 35.0 Å². The summed E-state index contributed by atoms with van der Waals surface area (Å²) in [6.45, 7) is 4.87. The predicted octanol–water partition coefficient (Wildman–Crippen LogP) is 2.63. The number of aromatic amines is 1. The molecule has 1 aliphatic rings. The van der Waals surface area contributed by atoms with Crippen molar-refractivity contribution in [2.24, 2.45) is 0 Å². The van der Waals surface area contributed by atoms with Gasteiger partial charge in [0.25, 0.3) is 5.56 Å². The van der Waals surface area contributed by atoms with E-state index in [1.165, 1.54) is 5.39 Å². The normalized spacial score (nSPS) is 16.3. The Morgan fingerprint density at radius 3 is 2.52 bits per heavy atom. The van der Waals surface area contributed by atoms with E-state index in [1.54, 1.807) is 6.07 Å². The molecule has 0 bridgehead atoms. The van der Waals surface area contributed by atoms with E-state index in [0.717, 1.165) is 42.8 Å². The third kappa shape index (κ3) is 5.22. The Morgan fingerprint density at radius 2 is 1.67 bits per heavy atom. The molecule has 3 aromatic carbocycles. The fourth-order valence-electron chi connectivity index (χ4n) is 4.35. The van der Waals surface area contributed by atoms with Crippen LogP contribution in [0.4, 0.5) is 0 Å². The highest BCUT2D eigenvalue weighted by molar-refractivity contribution is 5.83. The molecule has 0 saturated carbocycles. The minimum atomic E-state index is -0.554. The number of rotatable bonds is 7. The van der Waals surface area contributed by atoms with Crippen LogP contribution in [0, 0.1) is 0 Å². The number of fused-ring (bicyclic) bond motifs is 2. The third-order valence-corrected chi connectivity index (χ3v) is 6.13. The van der Waals surface area contributed by atoms with Crippen LogP contribution in [0.2, 0.25) is 0 Å². The number of para-hydroxylation sites is 1. The van der Waals surface area contributed by atoms with Gasteiger partial charge in [0.1, 0.15) is 24.3 Å². The van der Waals surface area contributed by atoms with Crippen LogP contribution in [-0.2, 0) is 6.54 Å². The molecule has 7 nitrogen and oxygen atoms in total. The summed E-state index contributed by atoms with van der Waals surface area (Å²) >= 11 is 0. The molecule has 2 heterocycles. The number of aromatic nitrogens is 2. The minimum absolute atomic E-state index is 0.0937. The number of piperazine rings is 1. The number of hydrogen-bond donors (Lipinski definition) is 2. The summed E-state index contributed by atoms with van der Waals surface area (Å²) in [5.41, 5.74) is 0.633. The average Bonchev–Trinajstić information content (AvgIpc) is 2.84. The smallest absolute Gasteiger partial charge is 0.258 e. The molecular formula is C26H28N4O3. The number of hydrogen-bond acceptors (Lipinski definition) is 6. The van der Waals surface area contributed by atoms with Crippen molar-refractivity contribution in [3.63, 3.8) is 0 Å². The van der Waals surface area contributed by atoms with Gasteiger partial charge in [0, 0.05) is 32.7 Å². The summed E-state index contributed by atoms with van der Waals surface area (Å²) in [5, 5.41) is 13.4. The Bertz CT molecular complexity index is 1300. The second kappa shape index (κ2) is 9.70. The van der Waals surface area contributed by atoms with Gasteiger partial charge >= 0.3 is 0 Å². The second-order valence-corrected chi connectivity index (χ2v) is 8.58. The highest BCUT2D eigenvalue weighted by Crippen LogP contribution is 2.20. The lowest BCUT2D eigenvalue weighted by molar-refractivity contribution is 0.0442. The molecule has 1 atom stereocenters.